The van der Waals surface area contributed by atoms with Crippen LogP contribution in [0.15, 0.2) is 18.2 Å². The molecule has 1 aromatic carbocycles. The molecule has 0 saturated carbocycles. The molecule has 6 nitrogen and oxygen atoms in total. The van der Waals surface area contributed by atoms with Gasteiger partial charge in [0.25, 0.3) is 5.91 Å². The van der Waals surface area contributed by atoms with Crippen molar-refractivity contribution in [2.75, 3.05) is 25.4 Å². The maximum absolute atomic E-state index is 12.0. The average molecular weight is 366 g/mol. The lowest BCUT2D eigenvalue weighted by molar-refractivity contribution is -0.126. The molecule has 0 aliphatic carbocycles. The number of ether oxygens (including phenoxy) is 1. The summed E-state index contributed by atoms with van der Waals surface area (Å²) < 4.78 is 5.55. The fraction of sp³-hybridized carbons (Fsp3) is 0.375. The maximum Gasteiger partial charge on any atom is 0.338 e. The minimum Gasteiger partial charge on any atom is -0.452 e. The summed E-state index contributed by atoms with van der Waals surface area (Å²) in [7, 11) is 0. The van der Waals surface area contributed by atoms with E-state index in [9.17, 15) is 14.4 Å². The minimum atomic E-state index is -0.529. The molecule has 0 aromatic heterocycles. The molecule has 24 heavy (non-hydrogen) atoms. The van der Waals surface area contributed by atoms with Crippen LogP contribution < -0.4 is 5.32 Å². The Kier molecular flexibility index (Phi) is 6.33. The molecule has 8 heteroatoms. The van der Waals surface area contributed by atoms with Crippen molar-refractivity contribution in [3.05, 3.63) is 34.9 Å². The van der Waals surface area contributed by atoms with E-state index in [1.807, 2.05) is 19.9 Å². The van der Waals surface area contributed by atoms with Gasteiger partial charge in [0.05, 0.1) is 11.3 Å². The van der Waals surface area contributed by atoms with Crippen LogP contribution in [0.1, 0.15) is 21.5 Å². The molecule has 0 bridgehead atoms. The molecule has 1 fully saturated rings. The number of hydrogen-bond acceptors (Lipinski definition) is 6. The molecule has 0 unspecified atom stereocenters. The van der Waals surface area contributed by atoms with Crippen LogP contribution in [0.2, 0.25) is 0 Å². The van der Waals surface area contributed by atoms with Gasteiger partial charge in [-0.15, -0.1) is 0 Å². The summed E-state index contributed by atoms with van der Waals surface area (Å²) in [6.07, 6.45) is 0. The molecule has 0 atom stereocenters. The zero-order valence-electron chi connectivity index (χ0n) is 13.5. The van der Waals surface area contributed by atoms with Crippen molar-refractivity contribution in [3.63, 3.8) is 0 Å². The van der Waals surface area contributed by atoms with Crippen molar-refractivity contribution in [1.82, 2.24) is 10.2 Å². The van der Waals surface area contributed by atoms with E-state index in [4.69, 9.17) is 17.0 Å². The number of nitrogens with zero attached hydrogens (tertiary/aromatic N) is 1. The fourth-order valence-corrected chi connectivity index (χ4v) is 3.26. The van der Waals surface area contributed by atoms with Crippen LogP contribution in [-0.2, 0) is 14.3 Å². The summed E-state index contributed by atoms with van der Waals surface area (Å²) in [5, 5.41) is 2.60. The lowest BCUT2D eigenvalue weighted by atomic mass is 10.0. The van der Waals surface area contributed by atoms with Crippen LogP contribution in [0, 0.1) is 13.8 Å². The molecule has 0 radical (unpaired) electrons. The van der Waals surface area contributed by atoms with Crippen molar-refractivity contribution < 1.29 is 19.1 Å². The zero-order valence-corrected chi connectivity index (χ0v) is 15.1. The highest BCUT2D eigenvalue weighted by Crippen LogP contribution is 2.18. The Labute approximate surface area is 149 Å². The fourth-order valence-electron chi connectivity index (χ4n) is 2.14. The molecular formula is C16H18N2O4S2. The van der Waals surface area contributed by atoms with E-state index in [0.29, 0.717) is 22.2 Å². The molecule has 1 aliphatic heterocycles. The van der Waals surface area contributed by atoms with Crippen LogP contribution in [0.4, 0.5) is 0 Å². The predicted octanol–water partition coefficient (Wildman–Crippen LogP) is 1.44. The second-order valence-corrected chi connectivity index (χ2v) is 6.88. The molecule has 2 rings (SSSR count). The maximum atomic E-state index is 12.0. The van der Waals surface area contributed by atoms with Gasteiger partial charge >= 0.3 is 5.97 Å². The van der Waals surface area contributed by atoms with Gasteiger partial charge in [0.15, 0.2) is 6.61 Å². The second-order valence-electron chi connectivity index (χ2n) is 5.27. The Morgan fingerprint density at radius 2 is 2.12 bits per heavy atom. The van der Waals surface area contributed by atoms with Crippen LogP contribution in [0.25, 0.3) is 0 Å². The first-order valence-corrected chi connectivity index (χ1v) is 8.76. The normalized spacial score (nSPS) is 14.0. The first-order valence-electron chi connectivity index (χ1n) is 7.37. The van der Waals surface area contributed by atoms with E-state index in [1.165, 1.54) is 16.7 Å². The van der Waals surface area contributed by atoms with Gasteiger partial charge in [-0.3, -0.25) is 14.5 Å². The summed E-state index contributed by atoms with van der Waals surface area (Å²) in [5.41, 5.74) is 2.27. The van der Waals surface area contributed by atoms with Crippen molar-refractivity contribution in [2.45, 2.75) is 13.8 Å². The number of thioether (sulfide) groups is 1. The van der Waals surface area contributed by atoms with Crippen LogP contribution in [-0.4, -0.2) is 52.5 Å². The van der Waals surface area contributed by atoms with Gasteiger partial charge in [-0.25, -0.2) is 4.79 Å². The van der Waals surface area contributed by atoms with E-state index in [1.54, 1.807) is 12.1 Å². The lowest BCUT2D eigenvalue weighted by Crippen LogP contribution is -2.38. The highest BCUT2D eigenvalue weighted by molar-refractivity contribution is 8.23. The standard InChI is InChI=1S/C16H18N2O4S2/c1-10-4-3-5-12(11(10)2)15(21)22-8-13(19)17-6-7-18-14(20)9-24-16(18)23/h3-5H,6-9H2,1-2H3,(H,17,19). The summed E-state index contributed by atoms with van der Waals surface area (Å²) in [5.74, 6) is -0.654. The largest absolute Gasteiger partial charge is 0.452 e. The number of aryl methyl sites for hydroxylation is 1. The summed E-state index contributed by atoms with van der Waals surface area (Å²) >= 11 is 6.36. The van der Waals surface area contributed by atoms with E-state index >= 15 is 0 Å². The van der Waals surface area contributed by atoms with E-state index < -0.39 is 11.9 Å². The molecule has 0 spiro atoms. The summed E-state index contributed by atoms with van der Waals surface area (Å²) in [6.45, 7) is 3.95. The second kappa shape index (κ2) is 8.25. The molecular weight excluding hydrogens is 348 g/mol. The molecule has 1 aromatic rings. The van der Waals surface area contributed by atoms with Gasteiger partial charge in [-0.05, 0) is 31.0 Å². The third-order valence-electron chi connectivity index (χ3n) is 3.66. The van der Waals surface area contributed by atoms with Crippen molar-refractivity contribution in [2.24, 2.45) is 0 Å². The molecule has 1 heterocycles. The Morgan fingerprint density at radius 3 is 2.79 bits per heavy atom. The highest BCUT2D eigenvalue weighted by Gasteiger charge is 2.26. The van der Waals surface area contributed by atoms with Crippen LogP contribution in [0.5, 0.6) is 0 Å². The molecule has 1 saturated heterocycles. The number of hydrogen-bond donors (Lipinski definition) is 1. The third kappa shape index (κ3) is 4.55. The Balaban J connectivity index is 1.75. The van der Waals surface area contributed by atoms with Gasteiger partial charge in [0.1, 0.15) is 4.32 Å². The SMILES string of the molecule is Cc1cccc(C(=O)OCC(=O)NCCN2C(=O)CSC2=S)c1C. The Bertz CT molecular complexity index is 675. The number of thiocarbonyl (C=S) groups is 1. The number of rotatable bonds is 6. The van der Waals surface area contributed by atoms with Crippen molar-refractivity contribution in [1.29, 1.82) is 0 Å². The summed E-state index contributed by atoms with van der Waals surface area (Å²) in [6, 6.07) is 5.34. The zero-order chi connectivity index (χ0) is 17.7. The van der Waals surface area contributed by atoms with Gasteiger partial charge in [-0.1, -0.05) is 36.1 Å². The number of benzene rings is 1. The van der Waals surface area contributed by atoms with E-state index in [2.05, 4.69) is 5.32 Å². The van der Waals surface area contributed by atoms with Gasteiger partial charge in [-0.2, -0.15) is 0 Å². The number of amides is 2. The quantitative estimate of drug-likeness (QED) is 0.606. The number of esters is 1. The Morgan fingerprint density at radius 1 is 1.38 bits per heavy atom. The Hall–Kier alpha value is -1.93. The number of nitrogens with one attached hydrogen (secondary N) is 1. The molecule has 1 N–H and O–H groups in total. The average Bonchev–Trinajstić information content (AvgIpc) is 2.87. The van der Waals surface area contributed by atoms with Crippen LogP contribution >= 0.6 is 24.0 Å². The number of carbonyl (C=O) groups is 3. The van der Waals surface area contributed by atoms with E-state index in [-0.39, 0.29) is 19.1 Å². The highest BCUT2D eigenvalue weighted by atomic mass is 32.2. The first-order chi connectivity index (χ1) is 11.4. The van der Waals surface area contributed by atoms with Crippen molar-refractivity contribution in [3.8, 4) is 0 Å². The van der Waals surface area contributed by atoms with Gasteiger partial charge in [0, 0.05) is 13.1 Å². The van der Waals surface area contributed by atoms with Crippen LogP contribution in [0.3, 0.4) is 0 Å². The van der Waals surface area contributed by atoms with E-state index in [0.717, 1.165) is 11.1 Å². The molecule has 128 valence electrons. The monoisotopic (exact) mass is 366 g/mol. The van der Waals surface area contributed by atoms with Crippen molar-refractivity contribution >= 4 is 46.1 Å². The third-order valence-corrected chi connectivity index (χ3v) is 5.09. The predicted molar refractivity (Wildman–Crippen MR) is 96.0 cm³/mol. The van der Waals surface area contributed by atoms with Gasteiger partial charge < -0.3 is 10.1 Å². The molecule has 2 amide bonds. The molecule has 1 aliphatic rings. The smallest absolute Gasteiger partial charge is 0.338 e. The lowest BCUT2D eigenvalue weighted by Gasteiger charge is -2.15. The van der Waals surface area contributed by atoms with Gasteiger partial charge in [0.2, 0.25) is 5.91 Å². The summed E-state index contributed by atoms with van der Waals surface area (Å²) in [4.78, 5) is 36.7. The minimum absolute atomic E-state index is 0.0550. The first kappa shape index (κ1) is 18.4. The number of carbonyl (C=O) groups excluding carboxylic acids is 3. The topological polar surface area (TPSA) is 75.7 Å².